The zero-order valence-electron chi connectivity index (χ0n) is 19.7. The lowest BCUT2D eigenvalue weighted by Crippen LogP contribution is -2.55. The Labute approximate surface area is 188 Å². The summed E-state index contributed by atoms with van der Waals surface area (Å²) in [5.41, 5.74) is -1.74. The van der Waals surface area contributed by atoms with Crippen molar-refractivity contribution in [2.24, 2.45) is 11.8 Å². The second-order valence-corrected chi connectivity index (χ2v) is 10.5. The summed E-state index contributed by atoms with van der Waals surface area (Å²) in [5.74, 6) is -2.50. The van der Waals surface area contributed by atoms with Gasteiger partial charge in [0.2, 0.25) is 5.91 Å². The maximum absolute atomic E-state index is 14.0. The SMILES string of the molecule is C[C@H]1C=C(C=O)C[C@]2(C(=O)N(C(=O)OC(C)(C)C)c3ccccc32)[C@@H]1C(=O)OC(C)(C)C. The van der Waals surface area contributed by atoms with E-state index in [0.717, 1.165) is 4.90 Å². The number of anilines is 1. The average molecular weight is 442 g/mol. The second kappa shape index (κ2) is 7.87. The van der Waals surface area contributed by atoms with E-state index in [2.05, 4.69) is 0 Å². The number of hydrogen-bond donors (Lipinski definition) is 0. The number of rotatable bonds is 2. The molecule has 172 valence electrons. The molecule has 1 aromatic rings. The minimum atomic E-state index is -1.44. The molecule has 0 aromatic heterocycles. The van der Waals surface area contributed by atoms with Crippen LogP contribution in [0.4, 0.5) is 10.5 Å². The first-order valence-electron chi connectivity index (χ1n) is 10.8. The number of aldehydes is 1. The van der Waals surface area contributed by atoms with Crippen LogP contribution in [-0.2, 0) is 29.3 Å². The highest BCUT2D eigenvalue weighted by atomic mass is 16.6. The molecule has 1 aliphatic carbocycles. The van der Waals surface area contributed by atoms with Gasteiger partial charge >= 0.3 is 12.1 Å². The monoisotopic (exact) mass is 441 g/mol. The molecular weight excluding hydrogens is 410 g/mol. The Kier molecular flexibility index (Phi) is 5.83. The summed E-state index contributed by atoms with van der Waals surface area (Å²) in [6.45, 7) is 12.2. The van der Waals surface area contributed by atoms with Crippen LogP contribution in [-0.4, -0.2) is 35.5 Å². The molecule has 7 nitrogen and oxygen atoms in total. The number of ether oxygens (including phenoxy) is 2. The van der Waals surface area contributed by atoms with E-state index in [-0.39, 0.29) is 6.42 Å². The van der Waals surface area contributed by atoms with E-state index in [1.807, 2.05) is 0 Å². The smallest absolute Gasteiger partial charge is 0.421 e. The van der Waals surface area contributed by atoms with E-state index in [4.69, 9.17) is 9.47 Å². The van der Waals surface area contributed by atoms with Gasteiger partial charge in [-0.15, -0.1) is 0 Å². The highest BCUT2D eigenvalue weighted by Crippen LogP contribution is 2.55. The van der Waals surface area contributed by atoms with Crippen LogP contribution in [0.15, 0.2) is 35.9 Å². The van der Waals surface area contributed by atoms with Crippen LogP contribution in [0.2, 0.25) is 0 Å². The lowest BCUT2D eigenvalue weighted by atomic mass is 9.60. The molecule has 7 heteroatoms. The number of nitrogens with zero attached hydrogens (tertiary/aromatic N) is 1. The predicted octanol–water partition coefficient (Wildman–Crippen LogP) is 4.33. The van der Waals surface area contributed by atoms with Crippen molar-refractivity contribution < 1.29 is 28.7 Å². The largest absolute Gasteiger partial charge is 0.460 e. The standard InChI is InChI=1S/C25H31NO6/c1-15-12-16(14-27)13-25(19(15)20(28)31-23(2,3)4)17-10-8-9-11-18(17)26(21(25)29)22(30)32-24(5,6)7/h8-12,14-15,19H,13H2,1-7H3/t15-,19-,25+/m0/s1. The molecule has 2 aliphatic rings. The molecule has 1 aromatic carbocycles. The number of esters is 1. The van der Waals surface area contributed by atoms with Crippen molar-refractivity contribution >= 4 is 29.9 Å². The van der Waals surface area contributed by atoms with Crippen LogP contribution in [0.1, 0.15) is 60.5 Å². The number of benzene rings is 1. The third kappa shape index (κ3) is 4.08. The predicted molar refractivity (Wildman–Crippen MR) is 119 cm³/mol. The number of imide groups is 1. The van der Waals surface area contributed by atoms with Gasteiger partial charge in [-0.25, -0.2) is 9.69 Å². The van der Waals surface area contributed by atoms with E-state index in [1.165, 1.54) is 0 Å². The quantitative estimate of drug-likeness (QED) is 0.501. The summed E-state index contributed by atoms with van der Waals surface area (Å²) in [4.78, 5) is 53.3. The molecule has 2 amide bonds. The first-order chi connectivity index (χ1) is 14.7. The van der Waals surface area contributed by atoms with Crippen molar-refractivity contribution in [3.8, 4) is 0 Å². The van der Waals surface area contributed by atoms with Gasteiger partial charge in [0.25, 0.3) is 0 Å². The van der Waals surface area contributed by atoms with Crippen LogP contribution in [0.5, 0.6) is 0 Å². The van der Waals surface area contributed by atoms with Gasteiger partial charge in [0.1, 0.15) is 17.5 Å². The number of fused-ring (bicyclic) bond motifs is 2. The zero-order valence-corrected chi connectivity index (χ0v) is 19.7. The minimum Gasteiger partial charge on any atom is -0.460 e. The number of carbonyl (C=O) groups excluding carboxylic acids is 4. The van der Waals surface area contributed by atoms with E-state index < -0.39 is 46.4 Å². The molecule has 3 atom stereocenters. The zero-order chi connectivity index (χ0) is 24.1. The molecule has 1 aliphatic heterocycles. The van der Waals surface area contributed by atoms with Crippen LogP contribution in [0.25, 0.3) is 0 Å². The molecule has 0 saturated carbocycles. The van der Waals surface area contributed by atoms with Gasteiger partial charge < -0.3 is 9.47 Å². The first kappa shape index (κ1) is 23.7. The molecule has 32 heavy (non-hydrogen) atoms. The van der Waals surface area contributed by atoms with Gasteiger partial charge in [0.05, 0.1) is 17.0 Å². The number of allylic oxidation sites excluding steroid dienone is 2. The van der Waals surface area contributed by atoms with Crippen LogP contribution in [0, 0.1) is 11.8 Å². The average Bonchev–Trinajstić information content (AvgIpc) is 2.87. The fourth-order valence-corrected chi connectivity index (χ4v) is 4.67. The van der Waals surface area contributed by atoms with E-state index in [9.17, 15) is 19.2 Å². The third-order valence-electron chi connectivity index (χ3n) is 5.62. The highest BCUT2D eigenvalue weighted by molar-refractivity contribution is 6.22. The Morgan fingerprint density at radius 1 is 1.06 bits per heavy atom. The molecule has 0 N–H and O–H groups in total. The van der Waals surface area contributed by atoms with Crippen LogP contribution >= 0.6 is 0 Å². The maximum atomic E-state index is 14.0. The Balaban J connectivity index is 2.22. The highest BCUT2D eigenvalue weighted by Gasteiger charge is 2.63. The second-order valence-electron chi connectivity index (χ2n) is 10.5. The molecule has 1 spiro atoms. The Bertz CT molecular complexity index is 996. The van der Waals surface area contributed by atoms with E-state index in [0.29, 0.717) is 23.1 Å². The Morgan fingerprint density at radius 2 is 1.66 bits per heavy atom. The van der Waals surface area contributed by atoms with Crippen LogP contribution in [0.3, 0.4) is 0 Å². The summed E-state index contributed by atoms with van der Waals surface area (Å²) in [6.07, 6.45) is 1.60. The van der Waals surface area contributed by atoms with Gasteiger partial charge in [0.15, 0.2) is 0 Å². The molecule has 0 radical (unpaired) electrons. The molecular formula is C25H31NO6. The summed E-state index contributed by atoms with van der Waals surface area (Å²) in [5, 5.41) is 0. The summed E-state index contributed by atoms with van der Waals surface area (Å²) < 4.78 is 11.2. The van der Waals surface area contributed by atoms with Crippen molar-refractivity contribution in [2.75, 3.05) is 4.90 Å². The summed E-state index contributed by atoms with van der Waals surface area (Å²) >= 11 is 0. The number of carbonyl (C=O) groups is 4. The Morgan fingerprint density at radius 3 is 2.22 bits per heavy atom. The molecule has 0 saturated heterocycles. The van der Waals surface area contributed by atoms with Crippen LogP contribution < -0.4 is 4.90 Å². The normalized spacial score (nSPS) is 25.3. The molecule has 3 rings (SSSR count). The van der Waals surface area contributed by atoms with E-state index >= 15 is 0 Å². The summed E-state index contributed by atoms with van der Waals surface area (Å²) in [6, 6.07) is 6.85. The van der Waals surface area contributed by atoms with Crippen molar-refractivity contribution in [1.82, 2.24) is 0 Å². The number of hydrogen-bond acceptors (Lipinski definition) is 6. The van der Waals surface area contributed by atoms with Gasteiger partial charge in [-0.2, -0.15) is 0 Å². The van der Waals surface area contributed by atoms with E-state index in [1.54, 1.807) is 78.8 Å². The van der Waals surface area contributed by atoms with Gasteiger partial charge in [0, 0.05) is 0 Å². The van der Waals surface area contributed by atoms with Crippen molar-refractivity contribution in [2.45, 2.75) is 71.5 Å². The van der Waals surface area contributed by atoms with Gasteiger partial charge in [-0.05, 0) is 71.1 Å². The summed E-state index contributed by atoms with van der Waals surface area (Å²) in [7, 11) is 0. The fourth-order valence-electron chi connectivity index (χ4n) is 4.67. The van der Waals surface area contributed by atoms with Crippen molar-refractivity contribution in [3.63, 3.8) is 0 Å². The number of amides is 2. The molecule has 1 heterocycles. The maximum Gasteiger partial charge on any atom is 0.421 e. The third-order valence-corrected chi connectivity index (χ3v) is 5.62. The van der Waals surface area contributed by atoms with Crippen molar-refractivity contribution in [1.29, 1.82) is 0 Å². The Hall–Kier alpha value is -2.96. The lowest BCUT2D eigenvalue weighted by Gasteiger charge is -2.41. The van der Waals surface area contributed by atoms with Gasteiger partial charge in [-0.3, -0.25) is 14.4 Å². The molecule has 0 fully saturated rings. The minimum absolute atomic E-state index is 0.000105. The molecule has 0 unspecified atom stereocenters. The fraction of sp³-hybridized carbons (Fsp3) is 0.520. The number of para-hydroxylation sites is 1. The van der Waals surface area contributed by atoms with Gasteiger partial charge in [-0.1, -0.05) is 31.2 Å². The topological polar surface area (TPSA) is 90.0 Å². The first-order valence-corrected chi connectivity index (χ1v) is 10.8. The van der Waals surface area contributed by atoms with Crippen molar-refractivity contribution in [3.05, 3.63) is 41.5 Å². The lowest BCUT2D eigenvalue weighted by molar-refractivity contribution is -0.166. The molecule has 0 bridgehead atoms.